The maximum Gasteiger partial charge on any atom is 0.331 e. The lowest BCUT2D eigenvalue weighted by Crippen LogP contribution is -2.46. The van der Waals surface area contributed by atoms with E-state index in [-0.39, 0.29) is 46.8 Å². The van der Waals surface area contributed by atoms with Gasteiger partial charge in [0.25, 0.3) is 0 Å². The topological polar surface area (TPSA) is 52.6 Å². The zero-order valence-corrected chi connectivity index (χ0v) is 20.8. The zero-order valence-electron chi connectivity index (χ0n) is 20.8. The first-order valence-electron chi connectivity index (χ1n) is 12.1. The van der Waals surface area contributed by atoms with Crippen LogP contribution in [0.15, 0.2) is 36.4 Å². The van der Waals surface area contributed by atoms with E-state index in [0.717, 1.165) is 18.4 Å². The number of esters is 2. The fourth-order valence-electron chi connectivity index (χ4n) is 6.12. The highest BCUT2D eigenvalue weighted by molar-refractivity contribution is 5.87. The molecule has 1 aromatic carbocycles. The van der Waals surface area contributed by atoms with Gasteiger partial charge in [0.05, 0.1) is 0 Å². The first-order chi connectivity index (χ1) is 15.0. The molecular formula is C28H40O4. The molecule has 0 saturated heterocycles. The van der Waals surface area contributed by atoms with E-state index >= 15 is 0 Å². The van der Waals surface area contributed by atoms with E-state index in [1.54, 1.807) is 6.08 Å². The number of hydrogen-bond acceptors (Lipinski definition) is 4. The molecule has 0 radical (unpaired) electrons. The van der Waals surface area contributed by atoms with Crippen LogP contribution < -0.4 is 0 Å². The van der Waals surface area contributed by atoms with Crippen LogP contribution in [0.2, 0.25) is 0 Å². The van der Waals surface area contributed by atoms with Crippen molar-refractivity contribution in [3.63, 3.8) is 0 Å². The quantitative estimate of drug-likeness (QED) is 0.398. The predicted molar refractivity (Wildman–Crippen MR) is 128 cm³/mol. The van der Waals surface area contributed by atoms with Gasteiger partial charge in [-0.25, -0.2) is 4.79 Å². The highest BCUT2D eigenvalue weighted by atomic mass is 16.6. The number of rotatable bonds is 5. The fourth-order valence-corrected chi connectivity index (χ4v) is 6.12. The van der Waals surface area contributed by atoms with Gasteiger partial charge in [-0.1, -0.05) is 71.9 Å². The molecule has 6 unspecified atom stereocenters. The summed E-state index contributed by atoms with van der Waals surface area (Å²) in [6.45, 7) is 14.9. The molecule has 1 aromatic rings. The number of fused-ring (bicyclic) bond motifs is 1. The Morgan fingerprint density at radius 1 is 1.06 bits per heavy atom. The summed E-state index contributed by atoms with van der Waals surface area (Å²) in [6, 6.07) is 9.80. The molecule has 32 heavy (non-hydrogen) atoms. The van der Waals surface area contributed by atoms with Crippen molar-refractivity contribution in [1.29, 1.82) is 0 Å². The molecule has 0 N–H and O–H groups in total. The van der Waals surface area contributed by atoms with E-state index in [2.05, 4.69) is 41.5 Å². The average molecular weight is 441 g/mol. The lowest BCUT2D eigenvalue weighted by Gasteiger charge is -2.44. The van der Waals surface area contributed by atoms with Crippen LogP contribution in [-0.4, -0.2) is 24.1 Å². The summed E-state index contributed by atoms with van der Waals surface area (Å²) in [4.78, 5) is 25.0. The van der Waals surface area contributed by atoms with Crippen molar-refractivity contribution >= 4 is 18.0 Å². The van der Waals surface area contributed by atoms with Crippen molar-refractivity contribution in [3.05, 3.63) is 42.0 Å². The molecule has 2 aliphatic rings. The fraction of sp³-hybridized carbons (Fsp3) is 0.643. The molecule has 0 spiro atoms. The second kappa shape index (κ2) is 9.41. The molecule has 0 bridgehead atoms. The number of carbonyl (C=O) groups excluding carboxylic acids is 2. The molecule has 0 aromatic heterocycles. The Hall–Kier alpha value is -2.10. The van der Waals surface area contributed by atoms with Crippen LogP contribution in [0.1, 0.15) is 73.3 Å². The molecule has 0 heterocycles. The first kappa shape index (κ1) is 24.5. The van der Waals surface area contributed by atoms with Crippen molar-refractivity contribution < 1.29 is 19.1 Å². The van der Waals surface area contributed by atoms with Crippen molar-refractivity contribution in [2.75, 3.05) is 0 Å². The number of ether oxygens (including phenoxy) is 2. The van der Waals surface area contributed by atoms with E-state index < -0.39 is 0 Å². The second-order valence-corrected chi connectivity index (χ2v) is 11.1. The number of benzene rings is 1. The van der Waals surface area contributed by atoms with Crippen molar-refractivity contribution in [2.24, 2.45) is 34.5 Å². The Labute approximate surface area is 193 Å². The molecule has 4 heteroatoms. The summed E-state index contributed by atoms with van der Waals surface area (Å²) in [5.41, 5.74) is 0.490. The summed E-state index contributed by atoms with van der Waals surface area (Å²) in [5, 5.41) is 0. The van der Waals surface area contributed by atoms with Crippen LogP contribution in [0.4, 0.5) is 0 Å². The van der Waals surface area contributed by atoms with Gasteiger partial charge in [-0.2, -0.15) is 0 Å². The Morgan fingerprint density at radius 3 is 2.31 bits per heavy atom. The second-order valence-electron chi connectivity index (χ2n) is 11.1. The van der Waals surface area contributed by atoms with Crippen molar-refractivity contribution in [1.82, 2.24) is 0 Å². The molecule has 0 amide bonds. The standard InChI is InChI=1S/C28H40O4/c1-18(2)28(7)17-23(31-20(4)29)27(5,6)22-15-13-19(3)25(22)26(28)32-24(30)16-14-21-11-9-8-10-12-21/h8-12,14,16,18-19,22-23,25-26H,13,15,17H2,1-7H3. The highest BCUT2D eigenvalue weighted by Gasteiger charge is 2.60. The van der Waals surface area contributed by atoms with E-state index in [0.29, 0.717) is 18.3 Å². The van der Waals surface area contributed by atoms with Crippen LogP contribution in [-0.2, 0) is 19.1 Å². The highest BCUT2D eigenvalue weighted by Crippen LogP contribution is 2.59. The largest absolute Gasteiger partial charge is 0.462 e. The maximum atomic E-state index is 13.0. The minimum atomic E-state index is -0.300. The van der Waals surface area contributed by atoms with Gasteiger partial charge in [0.1, 0.15) is 12.2 Å². The van der Waals surface area contributed by atoms with E-state index in [1.807, 2.05) is 36.4 Å². The van der Waals surface area contributed by atoms with Crippen LogP contribution in [0.3, 0.4) is 0 Å². The smallest absolute Gasteiger partial charge is 0.331 e. The van der Waals surface area contributed by atoms with E-state index in [1.165, 1.54) is 6.92 Å². The summed E-state index contributed by atoms with van der Waals surface area (Å²) >= 11 is 0. The van der Waals surface area contributed by atoms with Gasteiger partial charge in [-0.05, 0) is 48.7 Å². The van der Waals surface area contributed by atoms with Gasteiger partial charge in [0.15, 0.2) is 0 Å². The Balaban J connectivity index is 1.98. The average Bonchev–Trinajstić information content (AvgIpc) is 3.09. The van der Waals surface area contributed by atoms with Gasteiger partial charge >= 0.3 is 11.9 Å². The van der Waals surface area contributed by atoms with E-state index in [9.17, 15) is 9.59 Å². The maximum absolute atomic E-state index is 13.0. The predicted octanol–water partition coefficient (Wildman–Crippen LogP) is 6.30. The molecule has 6 atom stereocenters. The molecule has 2 aliphatic carbocycles. The van der Waals surface area contributed by atoms with Crippen LogP contribution in [0.25, 0.3) is 6.08 Å². The normalized spacial score (nSPS) is 34.2. The lowest BCUT2D eigenvalue weighted by atomic mass is 9.66. The third kappa shape index (κ3) is 4.79. The Kier molecular flexibility index (Phi) is 7.21. The number of hydrogen-bond donors (Lipinski definition) is 0. The zero-order chi connectivity index (χ0) is 23.7. The van der Waals surface area contributed by atoms with Gasteiger partial charge in [-0.15, -0.1) is 0 Å². The minimum Gasteiger partial charge on any atom is -0.462 e. The molecule has 4 nitrogen and oxygen atoms in total. The summed E-state index contributed by atoms with van der Waals surface area (Å²) in [5.74, 6) is 0.749. The van der Waals surface area contributed by atoms with Crippen molar-refractivity contribution in [2.45, 2.75) is 79.9 Å². The first-order valence-corrected chi connectivity index (χ1v) is 12.1. The van der Waals surface area contributed by atoms with Gasteiger partial charge in [-0.3, -0.25) is 4.79 Å². The van der Waals surface area contributed by atoms with Crippen molar-refractivity contribution in [3.8, 4) is 0 Å². The van der Waals surface area contributed by atoms with Crippen LogP contribution in [0, 0.1) is 34.5 Å². The van der Waals surface area contributed by atoms with Gasteiger partial charge < -0.3 is 9.47 Å². The van der Waals surface area contributed by atoms with Gasteiger partial charge in [0, 0.05) is 29.7 Å². The summed E-state index contributed by atoms with van der Waals surface area (Å²) in [7, 11) is 0. The number of carbonyl (C=O) groups is 2. The lowest BCUT2D eigenvalue weighted by molar-refractivity contribution is -0.164. The molecule has 3 rings (SSSR count). The summed E-state index contributed by atoms with van der Waals surface area (Å²) < 4.78 is 12.3. The molecular weight excluding hydrogens is 400 g/mol. The Morgan fingerprint density at radius 2 is 1.72 bits per heavy atom. The van der Waals surface area contributed by atoms with Crippen LogP contribution in [0.5, 0.6) is 0 Å². The molecule has 0 aliphatic heterocycles. The molecule has 2 fully saturated rings. The summed E-state index contributed by atoms with van der Waals surface area (Å²) in [6.07, 6.45) is 5.80. The SMILES string of the molecule is CC(=O)OC1CC(C)(C(C)C)C(OC(=O)C=Cc2ccccc2)C2C(C)CCC2C1(C)C. The molecule has 176 valence electrons. The minimum absolute atomic E-state index is 0.182. The molecule has 2 saturated carbocycles. The van der Waals surface area contributed by atoms with Crippen LogP contribution >= 0.6 is 0 Å². The third-order valence-corrected chi connectivity index (χ3v) is 8.55. The van der Waals surface area contributed by atoms with Gasteiger partial charge in [0.2, 0.25) is 0 Å². The monoisotopic (exact) mass is 440 g/mol. The third-order valence-electron chi connectivity index (χ3n) is 8.55. The Bertz CT molecular complexity index is 840. The van der Waals surface area contributed by atoms with E-state index in [4.69, 9.17) is 9.47 Å².